The fourth-order valence-electron chi connectivity index (χ4n) is 2.20. The van der Waals surface area contributed by atoms with Crippen molar-refractivity contribution in [3.05, 3.63) is 34.9 Å². The molecule has 1 unspecified atom stereocenters. The van der Waals surface area contributed by atoms with E-state index >= 15 is 0 Å². The molecule has 2 rings (SSSR count). The maximum Gasteiger partial charge on any atom is 0.416 e. The van der Waals surface area contributed by atoms with Gasteiger partial charge in [0.1, 0.15) is 11.5 Å². The van der Waals surface area contributed by atoms with Gasteiger partial charge in [-0.3, -0.25) is 9.35 Å². The minimum Gasteiger partial charge on any atom is -0.387 e. The van der Waals surface area contributed by atoms with Gasteiger partial charge in [-0.1, -0.05) is 11.2 Å². The topological polar surface area (TPSA) is 93.0 Å². The summed E-state index contributed by atoms with van der Waals surface area (Å²) < 4.78 is 69.5. The zero-order valence-electron chi connectivity index (χ0n) is 11.9. The Hall–Kier alpha value is -1.65. The molecule has 0 radical (unpaired) electrons. The van der Waals surface area contributed by atoms with Gasteiger partial charge in [0.2, 0.25) is 0 Å². The Balaban J connectivity index is 2.38. The smallest absolute Gasteiger partial charge is 0.387 e. The molecule has 0 saturated carbocycles. The largest absolute Gasteiger partial charge is 0.416 e. The number of Topliss-reactive ketones (excluding diaryl/α,β-unsaturated/α-hetero) is 1. The van der Waals surface area contributed by atoms with Gasteiger partial charge in [0.25, 0.3) is 10.1 Å². The molecule has 0 aliphatic carbocycles. The first-order valence-electron chi connectivity index (χ1n) is 6.48. The van der Waals surface area contributed by atoms with E-state index in [-0.39, 0.29) is 29.1 Å². The van der Waals surface area contributed by atoms with Crippen molar-refractivity contribution in [2.45, 2.75) is 24.5 Å². The monoisotopic (exact) mass is 385 g/mol. The number of hydrogen-bond donors (Lipinski definition) is 1. The highest BCUT2D eigenvalue weighted by Gasteiger charge is 2.34. The number of carbonyl (C=O) groups is 1. The van der Waals surface area contributed by atoms with Crippen LogP contribution in [0.5, 0.6) is 0 Å². The Morgan fingerprint density at radius 2 is 2.08 bits per heavy atom. The highest BCUT2D eigenvalue weighted by atomic mass is 35.5. The Morgan fingerprint density at radius 3 is 2.62 bits per heavy atom. The number of alkyl halides is 4. The first kappa shape index (κ1) is 18.7. The number of hydrogen-bond acceptors (Lipinski definition) is 5. The lowest BCUT2D eigenvalue weighted by Gasteiger charge is -2.16. The lowest BCUT2D eigenvalue weighted by molar-refractivity contribution is -0.137. The molecule has 0 fully saturated rings. The van der Waals surface area contributed by atoms with Gasteiger partial charge in [-0.2, -0.15) is 21.6 Å². The maximum absolute atomic E-state index is 12.8. The van der Waals surface area contributed by atoms with Crippen LogP contribution in [-0.4, -0.2) is 30.3 Å². The van der Waals surface area contributed by atoms with Crippen molar-refractivity contribution in [2.75, 3.05) is 5.88 Å². The van der Waals surface area contributed by atoms with Gasteiger partial charge in [0.15, 0.2) is 11.9 Å². The van der Waals surface area contributed by atoms with Gasteiger partial charge in [-0.25, -0.2) is 0 Å². The summed E-state index contributed by atoms with van der Waals surface area (Å²) >= 11 is 5.39. The summed E-state index contributed by atoms with van der Waals surface area (Å²) in [6.45, 7) is 0. The average molecular weight is 386 g/mol. The van der Waals surface area contributed by atoms with Crippen molar-refractivity contribution in [2.24, 2.45) is 5.16 Å². The van der Waals surface area contributed by atoms with Crippen molar-refractivity contribution >= 4 is 33.2 Å². The molecule has 1 N–H and O–H groups in total. The molecule has 24 heavy (non-hydrogen) atoms. The molecule has 0 spiro atoms. The van der Waals surface area contributed by atoms with Crippen molar-refractivity contribution in [3.63, 3.8) is 0 Å². The van der Waals surface area contributed by atoms with Crippen LogP contribution in [0, 0.1) is 0 Å². The van der Waals surface area contributed by atoms with Crippen LogP contribution in [-0.2, 0) is 31.7 Å². The summed E-state index contributed by atoms with van der Waals surface area (Å²) in [6, 6.07) is 2.42. The number of rotatable bonds is 5. The maximum atomic E-state index is 12.8. The predicted molar refractivity (Wildman–Crippen MR) is 78.3 cm³/mol. The fraction of sp³-hybridized carbons (Fsp3) is 0.385. The molecular weight excluding hydrogens is 375 g/mol. The Kier molecular flexibility index (Phi) is 5.21. The Labute approximate surface area is 140 Å². The van der Waals surface area contributed by atoms with Crippen LogP contribution in [0.15, 0.2) is 23.4 Å². The lowest BCUT2D eigenvalue weighted by Crippen LogP contribution is -2.15. The first-order chi connectivity index (χ1) is 11.0. The third kappa shape index (κ3) is 4.46. The SMILES string of the molecule is O=C(CCl)C1=NOC(c2ccc(C(F)(F)F)cc2CS(=O)(=O)O)C1. The number of carbonyl (C=O) groups excluding carboxylic acids is 1. The van der Waals surface area contributed by atoms with E-state index in [0.717, 1.165) is 12.1 Å². The second-order valence-corrected chi connectivity index (χ2v) is 6.75. The number of benzene rings is 1. The van der Waals surface area contributed by atoms with Crippen LogP contribution in [0.4, 0.5) is 13.2 Å². The minimum absolute atomic E-state index is 0.00713. The molecule has 1 aromatic carbocycles. The molecule has 0 bridgehead atoms. The van der Waals surface area contributed by atoms with E-state index in [1.807, 2.05) is 0 Å². The second kappa shape index (κ2) is 6.69. The van der Waals surface area contributed by atoms with Gasteiger partial charge in [0.05, 0.1) is 11.4 Å². The van der Waals surface area contributed by atoms with Crippen LogP contribution < -0.4 is 0 Å². The highest BCUT2D eigenvalue weighted by Crippen LogP contribution is 2.35. The zero-order chi connectivity index (χ0) is 18.1. The van der Waals surface area contributed by atoms with Crippen LogP contribution in [0.1, 0.15) is 29.2 Å². The Bertz CT molecular complexity index is 791. The van der Waals surface area contributed by atoms with Crippen molar-refractivity contribution < 1.29 is 35.8 Å². The molecule has 132 valence electrons. The first-order valence-corrected chi connectivity index (χ1v) is 8.62. The van der Waals surface area contributed by atoms with Gasteiger partial charge >= 0.3 is 6.18 Å². The number of ketones is 1. The van der Waals surface area contributed by atoms with E-state index in [1.54, 1.807) is 0 Å². The van der Waals surface area contributed by atoms with Crippen LogP contribution in [0.2, 0.25) is 0 Å². The van der Waals surface area contributed by atoms with E-state index in [4.69, 9.17) is 21.0 Å². The summed E-state index contributed by atoms with van der Waals surface area (Å²) in [5.41, 5.74) is -1.26. The molecule has 1 aromatic rings. The fourth-order valence-corrected chi connectivity index (χ4v) is 3.00. The molecule has 1 aliphatic rings. The molecule has 0 aromatic heterocycles. The van der Waals surface area contributed by atoms with E-state index in [9.17, 15) is 26.4 Å². The normalized spacial score (nSPS) is 18.2. The zero-order valence-corrected chi connectivity index (χ0v) is 13.5. The summed E-state index contributed by atoms with van der Waals surface area (Å²) in [5.74, 6) is -1.85. The van der Waals surface area contributed by atoms with Crippen LogP contribution in [0.25, 0.3) is 0 Å². The van der Waals surface area contributed by atoms with Gasteiger partial charge in [-0.05, 0) is 23.3 Å². The van der Waals surface area contributed by atoms with Gasteiger partial charge in [0, 0.05) is 6.42 Å². The van der Waals surface area contributed by atoms with Crippen molar-refractivity contribution in [3.8, 4) is 0 Å². The van der Waals surface area contributed by atoms with Crippen molar-refractivity contribution in [1.29, 1.82) is 0 Å². The van der Waals surface area contributed by atoms with E-state index in [1.165, 1.54) is 0 Å². The van der Waals surface area contributed by atoms with E-state index < -0.39 is 39.5 Å². The standard InChI is InChI=1S/C13H11ClF3NO5S/c14-5-11(19)10-4-12(23-18-10)9-2-1-8(13(15,16)17)3-7(9)6-24(20,21)22/h1-3,12H,4-6H2,(H,20,21,22). The van der Waals surface area contributed by atoms with Crippen LogP contribution in [0.3, 0.4) is 0 Å². The molecule has 6 nitrogen and oxygen atoms in total. The molecule has 11 heteroatoms. The second-order valence-electron chi connectivity index (χ2n) is 5.03. The molecular formula is C13H11ClF3NO5S. The number of nitrogens with zero attached hydrogens (tertiary/aromatic N) is 1. The molecule has 1 atom stereocenters. The lowest BCUT2D eigenvalue weighted by atomic mass is 9.97. The Morgan fingerprint density at radius 1 is 1.42 bits per heavy atom. The van der Waals surface area contributed by atoms with Crippen LogP contribution >= 0.6 is 11.6 Å². The summed E-state index contributed by atoms with van der Waals surface area (Å²) in [4.78, 5) is 16.5. The quantitative estimate of drug-likeness (QED) is 0.621. The molecule has 1 heterocycles. The average Bonchev–Trinajstić information content (AvgIpc) is 2.93. The molecule has 0 saturated heterocycles. The third-order valence-electron chi connectivity index (χ3n) is 3.27. The summed E-state index contributed by atoms with van der Waals surface area (Å²) in [6.07, 6.45) is -5.68. The predicted octanol–water partition coefficient (Wildman–Crippen LogP) is 2.72. The molecule has 1 aliphatic heterocycles. The van der Waals surface area contributed by atoms with Gasteiger partial charge in [-0.15, -0.1) is 11.6 Å². The third-order valence-corrected chi connectivity index (χ3v) is 4.19. The molecule has 0 amide bonds. The van der Waals surface area contributed by atoms with E-state index in [0.29, 0.717) is 6.07 Å². The minimum atomic E-state index is -4.68. The summed E-state index contributed by atoms with van der Waals surface area (Å²) in [7, 11) is -4.57. The number of oxime groups is 1. The summed E-state index contributed by atoms with van der Waals surface area (Å²) in [5, 5.41) is 3.52. The van der Waals surface area contributed by atoms with Crippen molar-refractivity contribution in [1.82, 2.24) is 0 Å². The number of halogens is 4. The van der Waals surface area contributed by atoms with E-state index in [2.05, 4.69) is 5.16 Å². The highest BCUT2D eigenvalue weighted by molar-refractivity contribution is 7.85. The van der Waals surface area contributed by atoms with Gasteiger partial charge < -0.3 is 4.84 Å².